The minimum absolute atomic E-state index is 0.176. The maximum Gasteiger partial charge on any atom is 0.222 e. The lowest BCUT2D eigenvalue weighted by molar-refractivity contribution is 1.25. The highest BCUT2D eigenvalue weighted by Gasteiger charge is 2.07. The third-order valence-electron chi connectivity index (χ3n) is 2.93. The molecule has 0 fully saturated rings. The van der Waals surface area contributed by atoms with Gasteiger partial charge < -0.3 is 11.5 Å². The molecular weight excluding hydrogens is 260 g/mol. The first-order valence-electron chi connectivity index (χ1n) is 5.73. The molecule has 0 radical (unpaired) electrons. The Morgan fingerprint density at radius 3 is 2.53 bits per heavy atom. The Hall–Kier alpha value is -2.33. The van der Waals surface area contributed by atoms with Crippen molar-refractivity contribution in [3.8, 4) is 11.1 Å². The third-order valence-corrected chi connectivity index (χ3v) is 3.26. The Kier molecular flexibility index (Phi) is 2.72. The second kappa shape index (κ2) is 4.40. The lowest BCUT2D eigenvalue weighted by Crippen LogP contribution is -2.00. The van der Waals surface area contributed by atoms with Crippen LogP contribution in [0.1, 0.15) is 0 Å². The summed E-state index contributed by atoms with van der Waals surface area (Å²) in [5.41, 5.74) is 14.1. The van der Waals surface area contributed by atoms with Crippen molar-refractivity contribution >= 4 is 34.3 Å². The van der Waals surface area contributed by atoms with E-state index in [1.54, 1.807) is 0 Å². The highest BCUT2D eigenvalue weighted by Crippen LogP contribution is 2.30. The van der Waals surface area contributed by atoms with E-state index in [0.717, 1.165) is 22.0 Å². The van der Waals surface area contributed by atoms with Crippen molar-refractivity contribution in [2.24, 2.45) is 0 Å². The van der Waals surface area contributed by atoms with Crippen LogP contribution in [0.4, 0.5) is 11.8 Å². The molecule has 1 aromatic heterocycles. The molecule has 0 aliphatic rings. The molecule has 0 aliphatic carbocycles. The van der Waals surface area contributed by atoms with E-state index in [0.29, 0.717) is 10.8 Å². The minimum Gasteiger partial charge on any atom is -0.383 e. The molecule has 0 unspecified atom stereocenters. The maximum atomic E-state index is 6.19. The molecule has 3 aromatic rings. The molecule has 19 heavy (non-hydrogen) atoms. The molecule has 2 aromatic carbocycles. The van der Waals surface area contributed by atoms with Gasteiger partial charge in [0.05, 0.1) is 5.52 Å². The van der Waals surface area contributed by atoms with Gasteiger partial charge in [0.1, 0.15) is 5.82 Å². The van der Waals surface area contributed by atoms with Crippen LogP contribution in [-0.4, -0.2) is 9.97 Å². The zero-order valence-electron chi connectivity index (χ0n) is 9.97. The third kappa shape index (κ3) is 2.06. The summed E-state index contributed by atoms with van der Waals surface area (Å²) in [6.45, 7) is 0. The van der Waals surface area contributed by atoms with Gasteiger partial charge in [0.2, 0.25) is 5.95 Å². The number of rotatable bonds is 1. The lowest BCUT2D eigenvalue weighted by Gasteiger charge is -2.07. The number of aromatic nitrogens is 2. The smallest absolute Gasteiger partial charge is 0.222 e. The van der Waals surface area contributed by atoms with Gasteiger partial charge >= 0.3 is 0 Å². The van der Waals surface area contributed by atoms with Crippen molar-refractivity contribution in [2.75, 3.05) is 11.5 Å². The fraction of sp³-hybridized carbons (Fsp3) is 0. The Balaban J connectivity index is 2.25. The van der Waals surface area contributed by atoms with E-state index in [2.05, 4.69) is 9.97 Å². The average molecular weight is 271 g/mol. The number of hydrogen-bond acceptors (Lipinski definition) is 4. The summed E-state index contributed by atoms with van der Waals surface area (Å²) in [6, 6.07) is 13.4. The molecule has 94 valence electrons. The van der Waals surface area contributed by atoms with Gasteiger partial charge in [-0.25, -0.2) is 4.98 Å². The molecule has 0 amide bonds. The molecule has 4 nitrogen and oxygen atoms in total. The van der Waals surface area contributed by atoms with Crippen molar-refractivity contribution in [1.29, 1.82) is 0 Å². The Labute approximate surface area is 115 Å². The van der Waals surface area contributed by atoms with Crippen LogP contribution in [0.25, 0.3) is 22.0 Å². The SMILES string of the molecule is Nc1nc(N)c2cc(-c3ccccc3Cl)ccc2n1. The van der Waals surface area contributed by atoms with Crippen LogP contribution in [-0.2, 0) is 0 Å². The molecule has 0 saturated carbocycles. The Morgan fingerprint density at radius 2 is 1.74 bits per heavy atom. The quantitative estimate of drug-likeness (QED) is 0.712. The van der Waals surface area contributed by atoms with E-state index in [1.165, 1.54) is 0 Å². The summed E-state index contributed by atoms with van der Waals surface area (Å²) in [5, 5.41) is 1.46. The Morgan fingerprint density at radius 1 is 0.947 bits per heavy atom. The van der Waals surface area contributed by atoms with E-state index in [-0.39, 0.29) is 5.95 Å². The number of hydrogen-bond donors (Lipinski definition) is 2. The van der Waals surface area contributed by atoms with Crippen molar-refractivity contribution < 1.29 is 0 Å². The molecule has 0 saturated heterocycles. The first-order valence-corrected chi connectivity index (χ1v) is 6.10. The van der Waals surface area contributed by atoms with Crippen LogP contribution in [0.15, 0.2) is 42.5 Å². The van der Waals surface area contributed by atoms with Crippen LogP contribution < -0.4 is 11.5 Å². The predicted octanol–water partition coefficient (Wildman–Crippen LogP) is 3.11. The van der Waals surface area contributed by atoms with Crippen molar-refractivity contribution in [2.45, 2.75) is 0 Å². The fourth-order valence-electron chi connectivity index (χ4n) is 2.03. The van der Waals surface area contributed by atoms with Gasteiger partial charge in [-0.2, -0.15) is 4.98 Å². The van der Waals surface area contributed by atoms with Crippen molar-refractivity contribution in [3.05, 3.63) is 47.5 Å². The van der Waals surface area contributed by atoms with E-state index in [1.807, 2.05) is 42.5 Å². The predicted molar refractivity (Wildman–Crippen MR) is 78.8 cm³/mol. The standard InChI is InChI=1S/C14H11ClN4/c15-11-4-2-1-3-9(11)8-5-6-12-10(7-8)13(16)19-14(17)18-12/h1-7H,(H4,16,17,18,19). The first kappa shape index (κ1) is 11.7. The summed E-state index contributed by atoms with van der Waals surface area (Å²) in [7, 11) is 0. The largest absolute Gasteiger partial charge is 0.383 e. The number of anilines is 2. The molecular formula is C14H11ClN4. The molecule has 1 heterocycles. The molecule has 4 N–H and O–H groups in total. The van der Waals surface area contributed by atoms with Gasteiger partial charge in [-0.15, -0.1) is 0 Å². The van der Waals surface area contributed by atoms with Gasteiger partial charge in [-0.3, -0.25) is 0 Å². The summed E-state index contributed by atoms with van der Waals surface area (Å²) >= 11 is 6.19. The summed E-state index contributed by atoms with van der Waals surface area (Å²) < 4.78 is 0. The van der Waals surface area contributed by atoms with Gasteiger partial charge in [0.25, 0.3) is 0 Å². The highest BCUT2D eigenvalue weighted by molar-refractivity contribution is 6.33. The minimum atomic E-state index is 0.176. The topological polar surface area (TPSA) is 77.8 Å². The fourth-order valence-corrected chi connectivity index (χ4v) is 2.28. The van der Waals surface area contributed by atoms with Crippen molar-refractivity contribution in [3.63, 3.8) is 0 Å². The van der Waals surface area contributed by atoms with E-state index in [4.69, 9.17) is 23.1 Å². The van der Waals surface area contributed by atoms with Crippen LogP contribution in [0.5, 0.6) is 0 Å². The van der Waals surface area contributed by atoms with E-state index >= 15 is 0 Å². The van der Waals surface area contributed by atoms with Crippen LogP contribution in [0, 0.1) is 0 Å². The molecule has 5 heteroatoms. The molecule has 0 spiro atoms. The van der Waals surface area contributed by atoms with Crippen LogP contribution in [0.2, 0.25) is 5.02 Å². The highest BCUT2D eigenvalue weighted by atomic mass is 35.5. The number of nitrogens with zero attached hydrogens (tertiary/aromatic N) is 2. The number of nitrogens with two attached hydrogens (primary N) is 2. The van der Waals surface area contributed by atoms with E-state index < -0.39 is 0 Å². The zero-order valence-corrected chi connectivity index (χ0v) is 10.7. The summed E-state index contributed by atoms with van der Waals surface area (Å²) in [5.74, 6) is 0.548. The Bertz CT molecular complexity index is 770. The molecule has 0 bridgehead atoms. The van der Waals surface area contributed by atoms with Crippen molar-refractivity contribution in [1.82, 2.24) is 9.97 Å². The average Bonchev–Trinajstić information content (AvgIpc) is 2.39. The number of nitrogen functional groups attached to an aromatic ring is 2. The second-order valence-corrected chi connectivity index (χ2v) is 4.59. The van der Waals surface area contributed by atoms with Gasteiger partial charge in [-0.1, -0.05) is 35.9 Å². The van der Waals surface area contributed by atoms with Gasteiger partial charge in [0.15, 0.2) is 0 Å². The lowest BCUT2D eigenvalue weighted by atomic mass is 10.0. The summed E-state index contributed by atoms with van der Waals surface area (Å²) in [4.78, 5) is 8.12. The monoisotopic (exact) mass is 270 g/mol. The number of benzene rings is 2. The van der Waals surface area contributed by atoms with Gasteiger partial charge in [-0.05, 0) is 23.8 Å². The number of halogens is 1. The van der Waals surface area contributed by atoms with E-state index in [9.17, 15) is 0 Å². The maximum absolute atomic E-state index is 6.19. The normalized spacial score (nSPS) is 10.8. The second-order valence-electron chi connectivity index (χ2n) is 4.18. The number of fused-ring (bicyclic) bond motifs is 1. The zero-order chi connectivity index (χ0) is 13.4. The van der Waals surface area contributed by atoms with Gasteiger partial charge in [0, 0.05) is 16.0 Å². The van der Waals surface area contributed by atoms with Crippen LogP contribution >= 0.6 is 11.6 Å². The van der Waals surface area contributed by atoms with Crippen LogP contribution in [0.3, 0.4) is 0 Å². The molecule has 0 atom stereocenters. The summed E-state index contributed by atoms with van der Waals surface area (Å²) in [6.07, 6.45) is 0. The molecule has 3 rings (SSSR count). The first-order chi connectivity index (χ1) is 9.15. The molecule has 0 aliphatic heterocycles.